The Morgan fingerprint density at radius 2 is 2.00 bits per heavy atom. The van der Waals surface area contributed by atoms with E-state index in [0.29, 0.717) is 12.4 Å². The summed E-state index contributed by atoms with van der Waals surface area (Å²) in [5.74, 6) is 0.397. The molecule has 4 heteroatoms. The van der Waals surface area contributed by atoms with Crippen LogP contribution < -0.4 is 0 Å². The number of imidazole rings is 1. The average molecular weight is 257 g/mol. The van der Waals surface area contributed by atoms with Gasteiger partial charge in [-0.3, -0.25) is 4.79 Å². The zero-order valence-electron chi connectivity index (χ0n) is 11.4. The minimum Gasteiger partial charge on any atom is -0.341 e. The molecule has 1 amide bonds. The van der Waals surface area contributed by atoms with Gasteiger partial charge < -0.3 is 9.88 Å². The fourth-order valence-electron chi connectivity index (χ4n) is 2.20. The zero-order valence-corrected chi connectivity index (χ0v) is 11.4. The number of aromatic amines is 1. The van der Waals surface area contributed by atoms with Crippen molar-refractivity contribution in [3.8, 4) is 0 Å². The summed E-state index contributed by atoms with van der Waals surface area (Å²) >= 11 is 0. The van der Waals surface area contributed by atoms with Gasteiger partial charge in [-0.1, -0.05) is 38.1 Å². The van der Waals surface area contributed by atoms with E-state index in [2.05, 4.69) is 22.1 Å². The Bertz CT molecular complexity index is 534. The summed E-state index contributed by atoms with van der Waals surface area (Å²) < 4.78 is 0. The number of hydrogen-bond acceptors (Lipinski definition) is 2. The molecule has 0 fully saturated rings. The molecule has 100 valence electrons. The third kappa shape index (κ3) is 2.84. The first kappa shape index (κ1) is 13.3. The van der Waals surface area contributed by atoms with Gasteiger partial charge in [0.1, 0.15) is 0 Å². The molecule has 0 saturated carbocycles. The molecular formula is C15H19N3O. The van der Waals surface area contributed by atoms with Crippen molar-refractivity contribution >= 4 is 5.91 Å². The lowest BCUT2D eigenvalue weighted by Gasteiger charge is -2.28. The van der Waals surface area contributed by atoms with Crippen molar-refractivity contribution in [3.63, 3.8) is 0 Å². The summed E-state index contributed by atoms with van der Waals surface area (Å²) in [6, 6.07) is 8.27. The Hall–Kier alpha value is -2.10. The van der Waals surface area contributed by atoms with Crippen LogP contribution in [-0.4, -0.2) is 27.3 Å². The number of carbonyl (C=O) groups excluding carboxylic acids is 1. The SMILES string of the molecule is CC.O=C(c1ncc[nH]1)N1CCc2ccccc2C1. The molecular weight excluding hydrogens is 238 g/mol. The van der Waals surface area contributed by atoms with Gasteiger partial charge in [-0.15, -0.1) is 0 Å². The molecule has 0 spiro atoms. The van der Waals surface area contributed by atoms with E-state index in [1.807, 2.05) is 30.9 Å². The number of hydrogen-bond donors (Lipinski definition) is 1. The Kier molecular flexibility index (Phi) is 4.34. The first-order chi connectivity index (χ1) is 9.34. The molecule has 19 heavy (non-hydrogen) atoms. The molecule has 1 N–H and O–H groups in total. The quantitative estimate of drug-likeness (QED) is 0.853. The van der Waals surface area contributed by atoms with Crippen molar-refractivity contribution in [2.75, 3.05) is 6.54 Å². The second-order valence-electron chi connectivity index (χ2n) is 4.18. The van der Waals surface area contributed by atoms with Gasteiger partial charge in [-0.05, 0) is 17.5 Å². The molecule has 1 aromatic carbocycles. The Morgan fingerprint density at radius 3 is 2.68 bits per heavy atom. The van der Waals surface area contributed by atoms with Crippen LogP contribution in [-0.2, 0) is 13.0 Å². The average Bonchev–Trinajstić information content (AvgIpc) is 3.02. The highest BCUT2D eigenvalue weighted by Crippen LogP contribution is 2.19. The number of amides is 1. The van der Waals surface area contributed by atoms with Gasteiger partial charge in [-0.25, -0.2) is 4.98 Å². The second kappa shape index (κ2) is 6.18. The molecule has 0 bridgehead atoms. The van der Waals surface area contributed by atoms with E-state index in [-0.39, 0.29) is 5.91 Å². The van der Waals surface area contributed by atoms with E-state index in [1.54, 1.807) is 12.4 Å². The number of benzene rings is 1. The van der Waals surface area contributed by atoms with Crippen LogP contribution in [0.5, 0.6) is 0 Å². The van der Waals surface area contributed by atoms with Crippen LogP contribution in [0.15, 0.2) is 36.7 Å². The van der Waals surface area contributed by atoms with E-state index < -0.39 is 0 Å². The summed E-state index contributed by atoms with van der Waals surface area (Å²) in [5.41, 5.74) is 2.58. The number of nitrogens with one attached hydrogen (secondary N) is 1. The smallest absolute Gasteiger partial charge is 0.289 e. The van der Waals surface area contributed by atoms with Crippen molar-refractivity contribution in [2.45, 2.75) is 26.8 Å². The van der Waals surface area contributed by atoms with Gasteiger partial charge in [0.25, 0.3) is 5.91 Å². The van der Waals surface area contributed by atoms with Crippen LogP contribution in [0.2, 0.25) is 0 Å². The highest BCUT2D eigenvalue weighted by Gasteiger charge is 2.22. The second-order valence-corrected chi connectivity index (χ2v) is 4.18. The largest absolute Gasteiger partial charge is 0.341 e. The van der Waals surface area contributed by atoms with Crippen LogP contribution in [0.3, 0.4) is 0 Å². The maximum atomic E-state index is 12.1. The molecule has 0 unspecified atom stereocenters. The lowest BCUT2D eigenvalue weighted by molar-refractivity contribution is 0.0723. The third-order valence-corrected chi connectivity index (χ3v) is 3.12. The van der Waals surface area contributed by atoms with E-state index >= 15 is 0 Å². The molecule has 0 atom stereocenters. The number of aromatic nitrogens is 2. The van der Waals surface area contributed by atoms with Crippen LogP contribution in [0.4, 0.5) is 0 Å². The fourth-order valence-corrected chi connectivity index (χ4v) is 2.20. The molecule has 4 nitrogen and oxygen atoms in total. The monoisotopic (exact) mass is 257 g/mol. The first-order valence-corrected chi connectivity index (χ1v) is 6.70. The normalized spacial score (nSPS) is 13.3. The van der Waals surface area contributed by atoms with E-state index in [1.165, 1.54) is 11.1 Å². The van der Waals surface area contributed by atoms with Crippen molar-refractivity contribution in [1.29, 1.82) is 0 Å². The number of fused-ring (bicyclic) bond motifs is 1. The Balaban J connectivity index is 0.000000637. The number of nitrogens with zero attached hydrogens (tertiary/aromatic N) is 2. The minimum atomic E-state index is -0.0236. The van der Waals surface area contributed by atoms with E-state index in [4.69, 9.17) is 0 Å². The molecule has 1 aliphatic rings. The predicted molar refractivity (Wildman–Crippen MR) is 74.8 cm³/mol. The lowest BCUT2D eigenvalue weighted by atomic mass is 10.00. The summed E-state index contributed by atoms with van der Waals surface area (Å²) in [6.45, 7) is 5.44. The molecule has 0 radical (unpaired) electrons. The Labute approximate surface area is 113 Å². The third-order valence-electron chi connectivity index (χ3n) is 3.12. The van der Waals surface area contributed by atoms with Crippen molar-refractivity contribution < 1.29 is 4.79 Å². The van der Waals surface area contributed by atoms with Gasteiger partial charge >= 0.3 is 0 Å². The van der Waals surface area contributed by atoms with Gasteiger partial charge in [-0.2, -0.15) is 0 Å². The molecule has 2 aromatic rings. The molecule has 0 aliphatic carbocycles. The van der Waals surface area contributed by atoms with Gasteiger partial charge in [0.2, 0.25) is 0 Å². The number of carbonyl (C=O) groups is 1. The van der Waals surface area contributed by atoms with Crippen LogP contribution in [0.25, 0.3) is 0 Å². The molecule has 1 aromatic heterocycles. The van der Waals surface area contributed by atoms with Gasteiger partial charge in [0, 0.05) is 25.5 Å². The van der Waals surface area contributed by atoms with Crippen LogP contribution in [0, 0.1) is 0 Å². The van der Waals surface area contributed by atoms with Crippen molar-refractivity contribution in [1.82, 2.24) is 14.9 Å². The highest BCUT2D eigenvalue weighted by molar-refractivity contribution is 5.90. The molecule has 2 heterocycles. The van der Waals surface area contributed by atoms with Crippen LogP contribution in [0.1, 0.15) is 35.6 Å². The summed E-state index contributed by atoms with van der Waals surface area (Å²) in [7, 11) is 0. The maximum absolute atomic E-state index is 12.1. The minimum absolute atomic E-state index is 0.0236. The lowest BCUT2D eigenvalue weighted by Crippen LogP contribution is -2.36. The van der Waals surface area contributed by atoms with Gasteiger partial charge in [0.15, 0.2) is 5.82 Å². The zero-order chi connectivity index (χ0) is 13.7. The summed E-state index contributed by atoms with van der Waals surface area (Å²) in [6.07, 6.45) is 4.19. The Morgan fingerprint density at radius 1 is 1.26 bits per heavy atom. The standard InChI is InChI=1S/C13H13N3O.C2H6/c17-13(12-14-6-7-15-12)16-8-5-10-3-1-2-4-11(10)9-16;1-2/h1-4,6-7H,5,8-9H2,(H,14,15);1-2H3. The summed E-state index contributed by atoms with van der Waals surface area (Å²) in [4.78, 5) is 20.8. The van der Waals surface area contributed by atoms with Crippen LogP contribution >= 0.6 is 0 Å². The van der Waals surface area contributed by atoms with E-state index in [0.717, 1.165) is 13.0 Å². The predicted octanol–water partition coefficient (Wildman–Crippen LogP) is 2.63. The van der Waals surface area contributed by atoms with Gasteiger partial charge in [0.05, 0.1) is 0 Å². The van der Waals surface area contributed by atoms with Crippen molar-refractivity contribution in [3.05, 3.63) is 53.6 Å². The number of rotatable bonds is 1. The summed E-state index contributed by atoms with van der Waals surface area (Å²) in [5, 5.41) is 0. The van der Waals surface area contributed by atoms with Crippen molar-refractivity contribution in [2.24, 2.45) is 0 Å². The fraction of sp³-hybridized carbons (Fsp3) is 0.333. The molecule has 0 saturated heterocycles. The number of H-pyrrole nitrogens is 1. The molecule has 1 aliphatic heterocycles. The maximum Gasteiger partial charge on any atom is 0.289 e. The first-order valence-electron chi connectivity index (χ1n) is 6.70. The highest BCUT2D eigenvalue weighted by atomic mass is 16.2. The van der Waals surface area contributed by atoms with E-state index in [9.17, 15) is 4.79 Å². The topological polar surface area (TPSA) is 49.0 Å². The molecule has 3 rings (SSSR count).